The Morgan fingerprint density at radius 2 is 2.43 bits per heavy atom. The average molecular weight is 308 g/mol. The van der Waals surface area contributed by atoms with E-state index in [1.54, 1.807) is 10.9 Å². The van der Waals surface area contributed by atoms with E-state index in [0.29, 0.717) is 24.1 Å². The smallest absolute Gasteiger partial charge is 0.271 e. The number of nitrogens with two attached hydrogens (primary N) is 1. The van der Waals surface area contributed by atoms with E-state index >= 15 is 0 Å². The van der Waals surface area contributed by atoms with Crippen molar-refractivity contribution in [3.63, 3.8) is 0 Å². The van der Waals surface area contributed by atoms with Crippen LogP contribution in [0.25, 0.3) is 10.2 Å². The molecule has 2 unspecified atom stereocenters. The molecule has 0 spiro atoms. The van der Waals surface area contributed by atoms with Gasteiger partial charge in [0.25, 0.3) is 11.5 Å². The predicted molar refractivity (Wildman–Crippen MR) is 78.8 cm³/mol. The summed E-state index contributed by atoms with van der Waals surface area (Å²) in [5.74, 6) is 4.77. The zero-order valence-corrected chi connectivity index (χ0v) is 12.4. The summed E-state index contributed by atoms with van der Waals surface area (Å²) in [6.07, 6.45) is 2.16. The van der Waals surface area contributed by atoms with Crippen molar-refractivity contribution < 1.29 is 9.53 Å². The molecule has 0 aliphatic carbocycles. The molecule has 1 aliphatic rings. The highest BCUT2D eigenvalue weighted by Crippen LogP contribution is 2.22. The van der Waals surface area contributed by atoms with Gasteiger partial charge in [-0.2, -0.15) is 0 Å². The second kappa shape index (κ2) is 5.55. The van der Waals surface area contributed by atoms with Crippen LogP contribution in [0.5, 0.6) is 0 Å². The molecule has 7 nitrogen and oxygen atoms in total. The summed E-state index contributed by atoms with van der Waals surface area (Å²) in [5, 5.41) is 1.93. The number of carbonyl (C=O) groups excluding carboxylic acids is 1. The number of hydrogen-bond acceptors (Lipinski definition) is 6. The molecule has 2 aromatic heterocycles. The Kier molecular flexibility index (Phi) is 3.75. The molecule has 1 saturated heterocycles. The molecule has 0 saturated carbocycles. The number of amides is 1. The first kappa shape index (κ1) is 14.2. The molecule has 1 fully saturated rings. The number of aromatic nitrogens is 2. The number of hydrogen-bond donors (Lipinski definition) is 2. The summed E-state index contributed by atoms with van der Waals surface area (Å²) in [6.45, 7) is 2.33. The summed E-state index contributed by atoms with van der Waals surface area (Å²) in [7, 11) is 0. The summed E-state index contributed by atoms with van der Waals surface area (Å²) >= 11 is 1.40. The maximum Gasteiger partial charge on any atom is 0.271 e. The van der Waals surface area contributed by atoms with Crippen LogP contribution in [0.15, 0.2) is 16.5 Å². The number of nitrogens with one attached hydrogen (secondary N) is 1. The fourth-order valence-electron chi connectivity index (χ4n) is 2.54. The van der Waals surface area contributed by atoms with E-state index in [1.165, 1.54) is 11.3 Å². The Labute approximate surface area is 124 Å². The SMILES string of the molecule is Cc1csc2c(=O)n(CC3CCC(C(=O)NN)O3)cnc12. The molecular weight excluding hydrogens is 292 g/mol. The van der Waals surface area contributed by atoms with Crippen molar-refractivity contribution in [1.82, 2.24) is 15.0 Å². The lowest BCUT2D eigenvalue weighted by molar-refractivity contribution is -0.132. The molecule has 0 radical (unpaired) electrons. The Morgan fingerprint density at radius 3 is 3.19 bits per heavy atom. The van der Waals surface area contributed by atoms with Crippen molar-refractivity contribution in [2.24, 2.45) is 5.84 Å². The summed E-state index contributed by atoms with van der Waals surface area (Å²) in [5.41, 5.74) is 3.79. The van der Waals surface area contributed by atoms with Crippen LogP contribution in [0.1, 0.15) is 18.4 Å². The number of thiophene rings is 1. The molecule has 1 amide bonds. The maximum atomic E-state index is 12.4. The fourth-order valence-corrected chi connectivity index (χ4v) is 3.49. The van der Waals surface area contributed by atoms with E-state index in [0.717, 1.165) is 11.1 Å². The van der Waals surface area contributed by atoms with Gasteiger partial charge in [0.15, 0.2) is 0 Å². The van der Waals surface area contributed by atoms with Gasteiger partial charge in [-0.3, -0.25) is 19.6 Å². The van der Waals surface area contributed by atoms with Gasteiger partial charge >= 0.3 is 0 Å². The molecule has 2 atom stereocenters. The quantitative estimate of drug-likeness (QED) is 0.483. The molecule has 0 aromatic carbocycles. The van der Waals surface area contributed by atoms with E-state index in [9.17, 15) is 9.59 Å². The number of carbonyl (C=O) groups is 1. The van der Waals surface area contributed by atoms with Crippen LogP contribution < -0.4 is 16.8 Å². The van der Waals surface area contributed by atoms with Crippen molar-refractivity contribution in [2.45, 2.75) is 38.5 Å². The van der Waals surface area contributed by atoms with Gasteiger partial charge in [0.1, 0.15) is 10.8 Å². The van der Waals surface area contributed by atoms with Gasteiger partial charge in [-0.05, 0) is 30.7 Å². The summed E-state index contributed by atoms with van der Waals surface area (Å²) in [4.78, 5) is 28.1. The lowest BCUT2D eigenvalue weighted by Crippen LogP contribution is -2.39. The van der Waals surface area contributed by atoms with Crippen LogP contribution in [0.2, 0.25) is 0 Å². The summed E-state index contributed by atoms with van der Waals surface area (Å²) in [6, 6.07) is 0. The molecule has 3 rings (SSSR count). The zero-order chi connectivity index (χ0) is 15.0. The maximum absolute atomic E-state index is 12.4. The van der Waals surface area contributed by atoms with Gasteiger partial charge in [0.2, 0.25) is 0 Å². The lowest BCUT2D eigenvalue weighted by atomic mass is 10.2. The van der Waals surface area contributed by atoms with Crippen LogP contribution in [0.3, 0.4) is 0 Å². The first-order valence-electron chi connectivity index (χ1n) is 6.69. The molecule has 112 valence electrons. The van der Waals surface area contributed by atoms with Crippen LogP contribution in [0, 0.1) is 6.92 Å². The predicted octanol–water partition coefficient (Wildman–Crippen LogP) is 0.304. The van der Waals surface area contributed by atoms with E-state index in [-0.39, 0.29) is 17.6 Å². The van der Waals surface area contributed by atoms with Crippen molar-refractivity contribution in [3.8, 4) is 0 Å². The standard InChI is InChI=1S/C13H16N4O3S/c1-7-5-21-11-10(7)15-6-17(13(11)19)4-8-2-3-9(20-8)12(18)16-14/h5-6,8-9H,2-4,14H2,1H3,(H,16,18). The molecule has 2 aromatic rings. The van der Waals surface area contributed by atoms with Crippen LogP contribution >= 0.6 is 11.3 Å². The van der Waals surface area contributed by atoms with E-state index in [2.05, 4.69) is 10.4 Å². The van der Waals surface area contributed by atoms with Crippen molar-refractivity contribution in [3.05, 3.63) is 27.6 Å². The van der Waals surface area contributed by atoms with E-state index in [4.69, 9.17) is 10.6 Å². The largest absolute Gasteiger partial charge is 0.363 e. The van der Waals surface area contributed by atoms with Crippen LogP contribution in [-0.4, -0.2) is 27.7 Å². The Morgan fingerprint density at radius 1 is 1.62 bits per heavy atom. The van der Waals surface area contributed by atoms with Crippen LogP contribution in [0.4, 0.5) is 0 Å². The van der Waals surface area contributed by atoms with Gasteiger partial charge < -0.3 is 4.74 Å². The van der Waals surface area contributed by atoms with Gasteiger partial charge in [-0.15, -0.1) is 11.3 Å². The van der Waals surface area contributed by atoms with Crippen molar-refractivity contribution in [2.75, 3.05) is 0 Å². The van der Waals surface area contributed by atoms with E-state index in [1.807, 2.05) is 12.3 Å². The Bertz CT molecular complexity index is 739. The number of nitrogens with zero attached hydrogens (tertiary/aromatic N) is 2. The highest BCUT2D eigenvalue weighted by molar-refractivity contribution is 7.17. The number of rotatable bonds is 3. The number of aryl methyl sites for hydroxylation is 1. The molecule has 0 bridgehead atoms. The minimum atomic E-state index is -0.531. The van der Waals surface area contributed by atoms with Crippen molar-refractivity contribution in [1.29, 1.82) is 0 Å². The topological polar surface area (TPSA) is 99.2 Å². The normalized spacial score (nSPS) is 21.8. The fraction of sp³-hybridized carbons (Fsp3) is 0.462. The number of fused-ring (bicyclic) bond motifs is 1. The van der Waals surface area contributed by atoms with Gasteiger partial charge in [0, 0.05) is 0 Å². The molecule has 21 heavy (non-hydrogen) atoms. The second-order valence-corrected chi connectivity index (χ2v) is 6.01. The first-order valence-corrected chi connectivity index (χ1v) is 7.57. The third kappa shape index (κ3) is 2.57. The molecule has 3 heterocycles. The molecule has 1 aliphatic heterocycles. The Balaban J connectivity index is 1.79. The summed E-state index contributed by atoms with van der Waals surface area (Å²) < 4.78 is 7.82. The lowest BCUT2D eigenvalue weighted by Gasteiger charge is -2.13. The van der Waals surface area contributed by atoms with Crippen LogP contribution in [-0.2, 0) is 16.1 Å². The molecule has 3 N–H and O–H groups in total. The first-order chi connectivity index (χ1) is 10.1. The van der Waals surface area contributed by atoms with E-state index < -0.39 is 6.10 Å². The van der Waals surface area contributed by atoms with Gasteiger partial charge in [-0.25, -0.2) is 10.8 Å². The minimum absolute atomic E-state index is 0.0616. The van der Waals surface area contributed by atoms with Gasteiger partial charge in [0.05, 0.1) is 24.5 Å². The average Bonchev–Trinajstić information content (AvgIpc) is 3.09. The third-order valence-corrected chi connectivity index (χ3v) is 4.74. The highest BCUT2D eigenvalue weighted by atomic mass is 32.1. The Hall–Kier alpha value is -1.77. The minimum Gasteiger partial charge on any atom is -0.363 e. The monoisotopic (exact) mass is 308 g/mol. The highest BCUT2D eigenvalue weighted by Gasteiger charge is 2.30. The molecule has 8 heteroatoms. The second-order valence-electron chi connectivity index (χ2n) is 5.13. The number of hydrazine groups is 1. The number of ether oxygens (including phenoxy) is 1. The van der Waals surface area contributed by atoms with Gasteiger partial charge in [-0.1, -0.05) is 0 Å². The molecular formula is C13H16N4O3S. The third-order valence-electron chi connectivity index (χ3n) is 3.67. The zero-order valence-electron chi connectivity index (χ0n) is 11.5. The van der Waals surface area contributed by atoms with Crippen molar-refractivity contribution >= 4 is 27.5 Å².